The molecule has 1 saturated heterocycles. The number of hydrogen-bond donors (Lipinski definition) is 1. The Balaban J connectivity index is 1.31. The van der Waals surface area contributed by atoms with Crippen LogP contribution in [0.1, 0.15) is 56.2 Å². The number of nitrogens with zero attached hydrogens (tertiary/aromatic N) is 4. The van der Waals surface area contributed by atoms with Gasteiger partial charge in [0.25, 0.3) is 0 Å². The molecule has 0 radical (unpaired) electrons. The number of carbonyl (C=O) groups is 2. The molecule has 2 heterocycles. The Morgan fingerprint density at radius 1 is 1.17 bits per heavy atom. The standard InChI is InChI=1S/C27H37N5O3/c1-30(2)27(22-9-4-3-5-10-22)13-11-26(12-14-27)19-31(25(34)32(26)16-21-7-6-8-21)17-24(33)28-15-23-18-35-20-29-23/h3-5,9-10,18,20-21H,6-8,11-17,19H2,1-2H3,(H,28,33)/t26-,27-. The number of urea groups is 1. The van der Waals surface area contributed by atoms with Crippen LogP contribution in [-0.2, 0) is 16.9 Å². The van der Waals surface area contributed by atoms with Crippen LogP contribution in [0.2, 0.25) is 0 Å². The third-order valence-corrected chi connectivity index (χ3v) is 8.68. The monoisotopic (exact) mass is 479 g/mol. The maximum Gasteiger partial charge on any atom is 0.321 e. The predicted molar refractivity (Wildman–Crippen MR) is 132 cm³/mol. The highest BCUT2D eigenvalue weighted by atomic mass is 16.3. The van der Waals surface area contributed by atoms with E-state index in [1.807, 2.05) is 0 Å². The molecule has 2 saturated carbocycles. The summed E-state index contributed by atoms with van der Waals surface area (Å²) in [5.74, 6) is 0.427. The van der Waals surface area contributed by atoms with Crippen molar-refractivity contribution in [3.63, 3.8) is 0 Å². The molecule has 0 bridgehead atoms. The number of rotatable bonds is 8. The molecule has 188 valence electrons. The summed E-state index contributed by atoms with van der Waals surface area (Å²) < 4.78 is 4.97. The molecule has 8 heteroatoms. The van der Waals surface area contributed by atoms with E-state index in [0.717, 1.165) is 32.2 Å². The summed E-state index contributed by atoms with van der Waals surface area (Å²) in [5.41, 5.74) is 1.79. The Bertz CT molecular complexity index is 1010. The van der Waals surface area contributed by atoms with Crippen molar-refractivity contribution in [3.05, 3.63) is 54.2 Å². The van der Waals surface area contributed by atoms with Crippen molar-refractivity contribution in [2.45, 2.75) is 62.6 Å². The summed E-state index contributed by atoms with van der Waals surface area (Å²) in [5, 5.41) is 2.87. The lowest BCUT2D eigenvalue weighted by molar-refractivity contribution is -0.121. The van der Waals surface area contributed by atoms with Crippen LogP contribution in [0.4, 0.5) is 4.79 Å². The summed E-state index contributed by atoms with van der Waals surface area (Å²) in [6.07, 6.45) is 10.4. The Morgan fingerprint density at radius 2 is 1.91 bits per heavy atom. The first-order valence-corrected chi connectivity index (χ1v) is 12.9. The van der Waals surface area contributed by atoms with Crippen LogP contribution in [0.5, 0.6) is 0 Å². The lowest BCUT2D eigenvalue weighted by Gasteiger charge is -2.51. The van der Waals surface area contributed by atoms with E-state index in [1.165, 1.54) is 37.5 Å². The van der Waals surface area contributed by atoms with Crippen LogP contribution in [0.15, 0.2) is 47.4 Å². The highest BCUT2D eigenvalue weighted by Crippen LogP contribution is 2.49. The van der Waals surface area contributed by atoms with E-state index in [0.29, 0.717) is 24.7 Å². The highest BCUT2D eigenvalue weighted by Gasteiger charge is 2.55. The third kappa shape index (κ3) is 4.56. The summed E-state index contributed by atoms with van der Waals surface area (Å²) in [7, 11) is 4.34. The van der Waals surface area contributed by atoms with E-state index in [1.54, 1.807) is 4.90 Å². The first-order valence-electron chi connectivity index (χ1n) is 12.9. The molecule has 35 heavy (non-hydrogen) atoms. The van der Waals surface area contributed by atoms with Gasteiger partial charge in [0.2, 0.25) is 5.91 Å². The predicted octanol–water partition coefficient (Wildman–Crippen LogP) is 3.60. The number of carbonyl (C=O) groups excluding carboxylic acids is 2. The fourth-order valence-corrected chi connectivity index (χ4v) is 6.25. The minimum atomic E-state index is -0.201. The van der Waals surface area contributed by atoms with Gasteiger partial charge >= 0.3 is 6.03 Å². The Kier molecular flexibility index (Phi) is 6.57. The zero-order valence-electron chi connectivity index (χ0n) is 20.9. The summed E-state index contributed by atoms with van der Waals surface area (Å²) >= 11 is 0. The molecule has 0 unspecified atom stereocenters. The zero-order chi connectivity index (χ0) is 24.5. The van der Waals surface area contributed by atoms with Crippen molar-refractivity contribution >= 4 is 11.9 Å². The Hall–Kier alpha value is -2.87. The molecular weight excluding hydrogens is 442 g/mol. The van der Waals surface area contributed by atoms with Crippen molar-refractivity contribution in [1.82, 2.24) is 25.0 Å². The molecule has 8 nitrogen and oxygen atoms in total. The lowest BCUT2D eigenvalue weighted by Crippen LogP contribution is -2.56. The van der Waals surface area contributed by atoms with Gasteiger partial charge in [-0.15, -0.1) is 0 Å². The minimum absolute atomic E-state index is 0.0190. The number of nitrogens with one attached hydrogen (secondary N) is 1. The lowest BCUT2D eigenvalue weighted by atomic mass is 9.68. The molecule has 1 spiro atoms. The van der Waals surface area contributed by atoms with Gasteiger partial charge in [0, 0.05) is 18.6 Å². The molecule has 2 aliphatic carbocycles. The van der Waals surface area contributed by atoms with E-state index < -0.39 is 0 Å². The number of benzene rings is 1. The normalized spacial score (nSPS) is 27.0. The average Bonchev–Trinajstić information content (AvgIpc) is 3.43. The van der Waals surface area contributed by atoms with Crippen LogP contribution in [-0.4, -0.2) is 70.9 Å². The van der Waals surface area contributed by atoms with Crippen LogP contribution in [0.25, 0.3) is 0 Å². The van der Waals surface area contributed by atoms with Crippen LogP contribution >= 0.6 is 0 Å². The fourth-order valence-electron chi connectivity index (χ4n) is 6.25. The SMILES string of the molecule is CN(C)[C@]1(c2ccccc2)CC[C@@]2(CC1)CN(CC(=O)NCc1cocn1)C(=O)N2CC1CCC1. The van der Waals surface area contributed by atoms with Crippen molar-refractivity contribution in [1.29, 1.82) is 0 Å². The van der Waals surface area contributed by atoms with E-state index in [-0.39, 0.29) is 29.6 Å². The Labute approximate surface area is 207 Å². The van der Waals surface area contributed by atoms with Crippen LogP contribution < -0.4 is 5.32 Å². The second kappa shape index (κ2) is 9.64. The summed E-state index contributed by atoms with van der Waals surface area (Å²) in [6.45, 7) is 1.82. The summed E-state index contributed by atoms with van der Waals surface area (Å²) in [4.78, 5) is 36.6. The van der Waals surface area contributed by atoms with Gasteiger partial charge < -0.3 is 19.5 Å². The van der Waals surface area contributed by atoms with Gasteiger partial charge in [-0.2, -0.15) is 0 Å². The van der Waals surface area contributed by atoms with Crippen LogP contribution in [0.3, 0.4) is 0 Å². The number of oxazole rings is 1. The van der Waals surface area contributed by atoms with Crippen molar-refractivity contribution in [2.24, 2.45) is 5.92 Å². The molecule has 1 aromatic heterocycles. The van der Waals surface area contributed by atoms with Gasteiger partial charge in [0.05, 0.1) is 17.8 Å². The maximum atomic E-state index is 13.6. The number of hydrogen-bond acceptors (Lipinski definition) is 5. The van der Waals surface area contributed by atoms with Crippen molar-refractivity contribution < 1.29 is 14.0 Å². The molecule has 5 rings (SSSR count). The minimum Gasteiger partial charge on any atom is -0.451 e. The van der Waals surface area contributed by atoms with Gasteiger partial charge in [0.15, 0.2) is 6.39 Å². The van der Waals surface area contributed by atoms with Crippen molar-refractivity contribution in [2.75, 3.05) is 33.7 Å². The Morgan fingerprint density at radius 3 is 2.51 bits per heavy atom. The molecule has 1 aliphatic heterocycles. The van der Waals surface area contributed by atoms with E-state index >= 15 is 0 Å². The molecule has 1 aromatic carbocycles. The molecular formula is C27H37N5O3. The van der Waals surface area contributed by atoms with Gasteiger partial charge in [-0.1, -0.05) is 36.8 Å². The maximum absolute atomic E-state index is 13.6. The zero-order valence-corrected chi connectivity index (χ0v) is 20.9. The molecule has 0 atom stereocenters. The average molecular weight is 480 g/mol. The molecule has 3 aliphatic rings. The number of amides is 3. The highest BCUT2D eigenvalue weighted by molar-refractivity contribution is 5.86. The number of aromatic nitrogens is 1. The van der Waals surface area contributed by atoms with Crippen molar-refractivity contribution in [3.8, 4) is 0 Å². The quantitative estimate of drug-likeness (QED) is 0.626. The second-order valence-corrected chi connectivity index (χ2v) is 10.8. The van der Waals surface area contributed by atoms with Crippen LogP contribution in [0, 0.1) is 5.92 Å². The first-order chi connectivity index (χ1) is 16.9. The molecule has 3 fully saturated rings. The van der Waals surface area contributed by atoms with Gasteiger partial charge in [0.1, 0.15) is 12.8 Å². The largest absolute Gasteiger partial charge is 0.451 e. The van der Waals surface area contributed by atoms with E-state index in [4.69, 9.17) is 4.42 Å². The van der Waals surface area contributed by atoms with Gasteiger partial charge in [-0.05, 0) is 64.1 Å². The van der Waals surface area contributed by atoms with Gasteiger partial charge in [-0.3, -0.25) is 9.69 Å². The smallest absolute Gasteiger partial charge is 0.321 e. The second-order valence-electron chi connectivity index (χ2n) is 10.8. The molecule has 2 aromatic rings. The molecule has 3 amide bonds. The topological polar surface area (TPSA) is 81.9 Å². The summed E-state index contributed by atoms with van der Waals surface area (Å²) in [6, 6.07) is 10.8. The van der Waals surface area contributed by atoms with E-state index in [2.05, 4.69) is 64.5 Å². The molecule has 1 N–H and O–H groups in total. The fraction of sp³-hybridized carbons (Fsp3) is 0.593. The third-order valence-electron chi connectivity index (χ3n) is 8.68. The van der Waals surface area contributed by atoms with Gasteiger partial charge in [-0.25, -0.2) is 9.78 Å². The van der Waals surface area contributed by atoms with E-state index in [9.17, 15) is 9.59 Å². The first kappa shape index (κ1) is 23.9.